The third-order valence-corrected chi connectivity index (χ3v) is 4.18. The Morgan fingerprint density at radius 3 is 2.41 bits per heavy atom. The normalized spacial score (nSPS) is 18.1. The zero-order valence-electron chi connectivity index (χ0n) is 15.2. The van der Waals surface area contributed by atoms with Gasteiger partial charge in [0.15, 0.2) is 5.69 Å². The van der Waals surface area contributed by atoms with E-state index in [4.69, 9.17) is 14.6 Å². The van der Waals surface area contributed by atoms with E-state index in [2.05, 4.69) is 5.32 Å². The molecule has 4 N–H and O–H groups in total. The Bertz CT molecular complexity index is 799. The van der Waals surface area contributed by atoms with E-state index >= 15 is 0 Å². The smallest absolute Gasteiger partial charge is 0.336 e. The summed E-state index contributed by atoms with van der Waals surface area (Å²) in [7, 11) is 1.22. The van der Waals surface area contributed by atoms with Crippen LogP contribution in [0.1, 0.15) is 25.3 Å². The molecule has 0 saturated carbocycles. The number of esters is 2. The second kappa shape index (κ2) is 8.78. The van der Waals surface area contributed by atoms with Crippen molar-refractivity contribution in [2.45, 2.75) is 19.8 Å². The van der Waals surface area contributed by atoms with Crippen molar-refractivity contribution in [1.82, 2.24) is 5.32 Å². The van der Waals surface area contributed by atoms with E-state index in [1.165, 1.54) is 25.3 Å². The number of quaternary nitrogens is 1. The summed E-state index contributed by atoms with van der Waals surface area (Å²) in [6, 6.07) is 5.99. The molecule has 2 atom stereocenters. The maximum Gasteiger partial charge on any atom is 0.336 e. The lowest BCUT2D eigenvalue weighted by molar-refractivity contribution is -0.991. The Labute approximate surface area is 156 Å². The van der Waals surface area contributed by atoms with Gasteiger partial charge in [-0.1, -0.05) is 12.1 Å². The van der Waals surface area contributed by atoms with Crippen LogP contribution < -0.4 is 10.5 Å². The molecule has 0 fully saturated rings. The first-order valence-electron chi connectivity index (χ1n) is 8.19. The van der Waals surface area contributed by atoms with Crippen LogP contribution in [0.25, 0.3) is 0 Å². The van der Waals surface area contributed by atoms with Gasteiger partial charge in [-0.15, -0.1) is 0 Å². The lowest BCUT2D eigenvalue weighted by Gasteiger charge is -2.30. The fraction of sp³-hybridized carbons (Fsp3) is 0.333. The van der Waals surface area contributed by atoms with Gasteiger partial charge >= 0.3 is 11.9 Å². The fourth-order valence-corrected chi connectivity index (χ4v) is 3.05. The number of carbonyl (C=O) groups is 2. The summed E-state index contributed by atoms with van der Waals surface area (Å²) in [6.45, 7) is 2.78. The highest BCUT2D eigenvalue weighted by atomic mass is 16.8. The third kappa shape index (κ3) is 4.34. The molecule has 0 aromatic heterocycles. The molecular formula is C18H22N2O7. The summed E-state index contributed by atoms with van der Waals surface area (Å²) >= 11 is 0. The van der Waals surface area contributed by atoms with Gasteiger partial charge in [0.2, 0.25) is 0 Å². The van der Waals surface area contributed by atoms with Crippen LogP contribution in [0.3, 0.4) is 0 Å². The van der Waals surface area contributed by atoms with Gasteiger partial charge in [-0.25, -0.2) is 14.8 Å². The van der Waals surface area contributed by atoms with E-state index in [1.54, 1.807) is 19.9 Å². The summed E-state index contributed by atoms with van der Waals surface area (Å²) in [5, 5.41) is 31.4. The summed E-state index contributed by atoms with van der Waals surface area (Å²) in [4.78, 5) is 25.0. The Kier molecular flexibility index (Phi) is 6.70. The number of hydrogen-bond acceptors (Lipinski definition) is 8. The Morgan fingerprint density at radius 1 is 1.22 bits per heavy atom. The van der Waals surface area contributed by atoms with Gasteiger partial charge in [0.25, 0.3) is 0 Å². The van der Waals surface area contributed by atoms with Gasteiger partial charge in [-0.3, -0.25) is 0 Å². The molecule has 2 rings (SSSR count). The van der Waals surface area contributed by atoms with Crippen molar-refractivity contribution in [2.75, 3.05) is 20.3 Å². The molecule has 0 spiro atoms. The minimum absolute atomic E-state index is 0.0219. The van der Waals surface area contributed by atoms with E-state index in [9.17, 15) is 20.0 Å². The minimum atomic E-state index is -1.13. The number of dihydropyridines is 1. The van der Waals surface area contributed by atoms with Gasteiger partial charge < -0.3 is 25.1 Å². The number of carbonyl (C=O) groups excluding carboxylic acids is 2. The molecule has 27 heavy (non-hydrogen) atoms. The van der Waals surface area contributed by atoms with Crippen LogP contribution in [0.2, 0.25) is 0 Å². The molecule has 0 saturated heterocycles. The molecule has 0 bridgehead atoms. The summed E-state index contributed by atoms with van der Waals surface area (Å²) in [5.41, 5.74) is 1.75. The molecule has 1 aliphatic heterocycles. The number of rotatable bonds is 6. The molecule has 0 amide bonds. The predicted molar refractivity (Wildman–Crippen MR) is 93.6 cm³/mol. The van der Waals surface area contributed by atoms with Crippen LogP contribution in [-0.2, 0) is 19.1 Å². The molecule has 1 heterocycles. The number of nitrogens with one attached hydrogen (secondary N) is 2. The molecule has 0 aliphatic carbocycles. The van der Waals surface area contributed by atoms with Crippen molar-refractivity contribution >= 4 is 17.6 Å². The Hall–Kier alpha value is -2.72. The van der Waals surface area contributed by atoms with E-state index in [-0.39, 0.29) is 30.0 Å². The monoisotopic (exact) mass is 378 g/mol. The van der Waals surface area contributed by atoms with Crippen LogP contribution >= 0.6 is 0 Å². The topological polar surface area (TPSA) is 133 Å². The highest BCUT2D eigenvalue weighted by Crippen LogP contribution is 2.39. The minimum Gasteiger partial charge on any atom is -0.595 e. The van der Waals surface area contributed by atoms with Gasteiger partial charge in [0.05, 0.1) is 30.8 Å². The number of aliphatic hydroxyl groups is 1. The standard InChI is InChI=1S/C18H22N2O7/c1-10-14(17(22)26-3)16(12-5-4-6-13(9-12)20(24)25)15(11(2)19-10)18(23)27-8-7-21/h4-6,9,16,19-21,24H,7-8H2,1-3H3/t16-/m0/s1. The van der Waals surface area contributed by atoms with E-state index in [1.807, 2.05) is 0 Å². The number of ether oxygens (including phenoxy) is 2. The van der Waals surface area contributed by atoms with Crippen molar-refractivity contribution in [1.29, 1.82) is 0 Å². The molecule has 9 heteroatoms. The lowest BCUT2D eigenvalue weighted by Crippen LogP contribution is -2.99. The molecular weight excluding hydrogens is 356 g/mol. The first-order chi connectivity index (χ1) is 12.8. The van der Waals surface area contributed by atoms with Crippen molar-refractivity contribution in [2.24, 2.45) is 0 Å². The van der Waals surface area contributed by atoms with Crippen LogP contribution in [-0.4, -0.2) is 42.6 Å². The molecule has 146 valence electrons. The van der Waals surface area contributed by atoms with Crippen LogP contribution in [0.5, 0.6) is 0 Å². The summed E-state index contributed by atoms with van der Waals surface area (Å²) < 4.78 is 9.92. The van der Waals surface area contributed by atoms with Gasteiger partial charge in [-0.2, -0.15) is 5.23 Å². The number of hydrogen-bond donors (Lipinski definition) is 4. The van der Waals surface area contributed by atoms with Gasteiger partial charge in [0.1, 0.15) is 6.61 Å². The first-order valence-corrected chi connectivity index (χ1v) is 8.19. The van der Waals surface area contributed by atoms with Crippen molar-refractivity contribution in [3.05, 3.63) is 57.6 Å². The molecule has 1 aromatic rings. The van der Waals surface area contributed by atoms with Crippen LogP contribution in [0, 0.1) is 5.21 Å². The fourth-order valence-electron chi connectivity index (χ4n) is 3.05. The van der Waals surface area contributed by atoms with E-state index in [0.29, 0.717) is 17.0 Å². The third-order valence-electron chi connectivity index (χ3n) is 4.18. The Morgan fingerprint density at radius 2 is 1.85 bits per heavy atom. The summed E-state index contributed by atoms with van der Waals surface area (Å²) in [5.74, 6) is -2.23. The number of allylic oxidation sites excluding steroid dienone is 2. The summed E-state index contributed by atoms with van der Waals surface area (Å²) in [6.07, 6.45) is 0. The number of aliphatic hydroxyl groups excluding tert-OH is 1. The van der Waals surface area contributed by atoms with Crippen molar-refractivity contribution in [3.8, 4) is 0 Å². The lowest BCUT2D eigenvalue weighted by atomic mass is 9.80. The zero-order chi connectivity index (χ0) is 20.1. The average molecular weight is 378 g/mol. The molecule has 9 nitrogen and oxygen atoms in total. The number of benzene rings is 1. The van der Waals surface area contributed by atoms with Crippen LogP contribution in [0.15, 0.2) is 46.8 Å². The van der Waals surface area contributed by atoms with Crippen LogP contribution in [0.4, 0.5) is 5.69 Å². The maximum atomic E-state index is 12.6. The second-order valence-electron chi connectivity index (χ2n) is 5.92. The highest BCUT2D eigenvalue weighted by molar-refractivity contribution is 5.99. The van der Waals surface area contributed by atoms with Gasteiger partial charge in [0, 0.05) is 23.5 Å². The molecule has 1 unspecified atom stereocenters. The number of methoxy groups -OCH3 is 1. The molecule has 0 radical (unpaired) electrons. The quantitative estimate of drug-likeness (QED) is 0.403. The van der Waals surface area contributed by atoms with Gasteiger partial charge in [-0.05, 0) is 19.4 Å². The largest absolute Gasteiger partial charge is 0.595 e. The van der Waals surface area contributed by atoms with Crippen molar-refractivity contribution in [3.63, 3.8) is 0 Å². The average Bonchev–Trinajstić information content (AvgIpc) is 2.64. The Balaban J connectivity index is 2.64. The van der Waals surface area contributed by atoms with Crippen molar-refractivity contribution < 1.29 is 34.6 Å². The predicted octanol–water partition coefficient (Wildman–Crippen LogP) is 0.0333. The highest BCUT2D eigenvalue weighted by Gasteiger charge is 2.38. The first kappa shape index (κ1) is 20.6. The molecule has 1 aromatic carbocycles. The SMILES string of the molecule is COC(=O)C1=C(C)NC(C)=C(C(=O)OCCO)[C@H]1c1cccc([NH+]([O-])O)c1. The molecule has 1 aliphatic rings. The zero-order valence-corrected chi connectivity index (χ0v) is 15.2. The maximum absolute atomic E-state index is 12.6. The van der Waals surface area contributed by atoms with E-state index in [0.717, 1.165) is 0 Å². The van der Waals surface area contributed by atoms with E-state index < -0.39 is 23.1 Å². The second-order valence-corrected chi connectivity index (χ2v) is 5.92.